The van der Waals surface area contributed by atoms with Gasteiger partial charge in [0.15, 0.2) is 11.5 Å². The van der Waals surface area contributed by atoms with Crippen LogP contribution in [0.3, 0.4) is 0 Å². The molecule has 0 bridgehead atoms. The van der Waals surface area contributed by atoms with Crippen molar-refractivity contribution >= 4 is 11.6 Å². The highest BCUT2D eigenvalue weighted by molar-refractivity contribution is 6.31. The quantitative estimate of drug-likeness (QED) is 0.833. The van der Waals surface area contributed by atoms with E-state index in [-0.39, 0.29) is 6.10 Å². The summed E-state index contributed by atoms with van der Waals surface area (Å²) in [5.41, 5.74) is 0.666. The summed E-state index contributed by atoms with van der Waals surface area (Å²) >= 11 is 6.28. The average Bonchev–Trinajstić information content (AvgIpc) is 2.95. The lowest BCUT2D eigenvalue weighted by Gasteiger charge is -2.19. The predicted octanol–water partition coefficient (Wildman–Crippen LogP) is 3.74. The Bertz CT molecular complexity index is 458. The summed E-state index contributed by atoms with van der Waals surface area (Å²) in [6.45, 7) is 5.66. The zero-order chi connectivity index (χ0) is 15.2. The van der Waals surface area contributed by atoms with Gasteiger partial charge in [0.1, 0.15) is 0 Å². The van der Waals surface area contributed by atoms with E-state index in [1.807, 2.05) is 13.8 Å². The van der Waals surface area contributed by atoms with E-state index in [2.05, 4.69) is 0 Å². The summed E-state index contributed by atoms with van der Waals surface area (Å²) in [5.74, 6) is 1.22. The number of benzene rings is 1. The minimum Gasteiger partial charge on any atom is -0.490 e. The summed E-state index contributed by atoms with van der Waals surface area (Å²) in [5, 5.41) is 10.9. The van der Waals surface area contributed by atoms with Crippen LogP contribution in [0.5, 0.6) is 11.5 Å². The van der Waals surface area contributed by atoms with E-state index in [1.165, 1.54) is 0 Å². The summed E-state index contributed by atoms with van der Waals surface area (Å²) in [4.78, 5) is 0. The molecular weight excluding hydrogens is 292 g/mol. The van der Waals surface area contributed by atoms with Gasteiger partial charge < -0.3 is 19.3 Å². The Kier molecular flexibility index (Phi) is 6.15. The lowest BCUT2D eigenvalue weighted by atomic mass is 10.0. The number of hydrogen-bond acceptors (Lipinski definition) is 4. The number of rotatable bonds is 7. The van der Waals surface area contributed by atoms with E-state index in [9.17, 15) is 5.11 Å². The van der Waals surface area contributed by atoms with E-state index < -0.39 is 6.10 Å². The SMILES string of the molecule is CCOc1cc(Cl)c(C(O)CC2CCCO2)cc1OCC. The molecule has 4 nitrogen and oxygen atoms in total. The highest BCUT2D eigenvalue weighted by atomic mass is 35.5. The topological polar surface area (TPSA) is 47.9 Å². The zero-order valence-electron chi connectivity index (χ0n) is 12.6. The van der Waals surface area contributed by atoms with Gasteiger partial charge in [0.05, 0.1) is 30.4 Å². The number of hydrogen-bond donors (Lipinski definition) is 1. The van der Waals surface area contributed by atoms with E-state index in [4.69, 9.17) is 25.8 Å². The van der Waals surface area contributed by atoms with Crippen LogP contribution >= 0.6 is 11.6 Å². The van der Waals surface area contributed by atoms with E-state index in [0.717, 1.165) is 19.4 Å². The van der Waals surface area contributed by atoms with Crippen LogP contribution in [0.2, 0.25) is 5.02 Å². The van der Waals surface area contributed by atoms with Crippen LogP contribution in [0.25, 0.3) is 0 Å². The van der Waals surface area contributed by atoms with Crippen molar-refractivity contribution in [1.82, 2.24) is 0 Å². The smallest absolute Gasteiger partial charge is 0.162 e. The van der Waals surface area contributed by atoms with Gasteiger partial charge in [0.25, 0.3) is 0 Å². The molecule has 0 aliphatic carbocycles. The lowest BCUT2D eigenvalue weighted by molar-refractivity contribution is 0.0534. The fourth-order valence-corrected chi connectivity index (χ4v) is 2.83. The molecule has 1 aliphatic heterocycles. The van der Waals surface area contributed by atoms with E-state index in [1.54, 1.807) is 12.1 Å². The van der Waals surface area contributed by atoms with Gasteiger partial charge in [-0.2, -0.15) is 0 Å². The van der Waals surface area contributed by atoms with Crippen LogP contribution in [0, 0.1) is 0 Å². The number of ether oxygens (including phenoxy) is 3. The first-order chi connectivity index (χ1) is 10.2. The fourth-order valence-electron chi connectivity index (χ4n) is 2.55. The van der Waals surface area contributed by atoms with Crippen molar-refractivity contribution < 1.29 is 19.3 Å². The van der Waals surface area contributed by atoms with Crippen LogP contribution in [0.15, 0.2) is 12.1 Å². The first-order valence-corrected chi connectivity index (χ1v) is 7.92. The van der Waals surface area contributed by atoms with E-state index >= 15 is 0 Å². The molecule has 21 heavy (non-hydrogen) atoms. The molecule has 0 saturated carbocycles. The van der Waals surface area contributed by atoms with Crippen molar-refractivity contribution in [2.75, 3.05) is 19.8 Å². The third kappa shape index (κ3) is 4.25. The maximum absolute atomic E-state index is 10.4. The standard InChI is InChI=1S/C16H23ClO4/c1-3-19-15-9-12(13(17)10-16(15)20-4-2)14(18)8-11-6-5-7-21-11/h9-11,14,18H,3-8H2,1-2H3. The highest BCUT2D eigenvalue weighted by Gasteiger charge is 2.23. The third-order valence-electron chi connectivity index (χ3n) is 3.53. The first kappa shape index (κ1) is 16.4. The summed E-state index contributed by atoms with van der Waals surface area (Å²) in [6.07, 6.45) is 2.05. The maximum Gasteiger partial charge on any atom is 0.162 e. The van der Waals surface area contributed by atoms with Gasteiger partial charge in [0.2, 0.25) is 0 Å². The molecule has 0 aromatic heterocycles. The van der Waals surface area contributed by atoms with Crippen molar-refractivity contribution in [1.29, 1.82) is 0 Å². The van der Waals surface area contributed by atoms with Crippen molar-refractivity contribution in [3.63, 3.8) is 0 Å². The van der Waals surface area contributed by atoms with Gasteiger partial charge in [-0.3, -0.25) is 0 Å². The summed E-state index contributed by atoms with van der Waals surface area (Å²) < 4.78 is 16.7. The van der Waals surface area contributed by atoms with Crippen LogP contribution < -0.4 is 9.47 Å². The molecule has 5 heteroatoms. The maximum atomic E-state index is 10.4. The second-order valence-electron chi connectivity index (χ2n) is 5.07. The second kappa shape index (κ2) is 7.87. The Morgan fingerprint density at radius 2 is 1.95 bits per heavy atom. The molecule has 1 aliphatic rings. The Morgan fingerprint density at radius 3 is 2.52 bits per heavy atom. The van der Waals surface area contributed by atoms with Gasteiger partial charge in [-0.05, 0) is 32.8 Å². The molecule has 1 aromatic carbocycles. The minimum atomic E-state index is -0.657. The molecule has 0 amide bonds. The van der Waals surface area contributed by atoms with Gasteiger partial charge in [-0.25, -0.2) is 0 Å². The molecule has 2 unspecified atom stereocenters. The van der Waals surface area contributed by atoms with Crippen LogP contribution in [0.1, 0.15) is 44.8 Å². The van der Waals surface area contributed by atoms with Crippen molar-refractivity contribution in [2.45, 2.75) is 45.3 Å². The first-order valence-electron chi connectivity index (χ1n) is 7.54. The molecule has 1 heterocycles. The largest absolute Gasteiger partial charge is 0.490 e. The molecule has 118 valence electrons. The Balaban J connectivity index is 2.18. The van der Waals surface area contributed by atoms with Gasteiger partial charge >= 0.3 is 0 Å². The number of aliphatic hydroxyl groups excluding tert-OH is 1. The second-order valence-corrected chi connectivity index (χ2v) is 5.48. The molecule has 2 rings (SSSR count). The van der Waals surface area contributed by atoms with Crippen LogP contribution in [-0.4, -0.2) is 31.0 Å². The normalized spacial score (nSPS) is 19.5. The Hall–Kier alpha value is -0.970. The van der Waals surface area contributed by atoms with Gasteiger partial charge in [-0.15, -0.1) is 0 Å². The summed E-state index contributed by atoms with van der Waals surface area (Å²) in [7, 11) is 0. The van der Waals surface area contributed by atoms with Crippen LogP contribution in [-0.2, 0) is 4.74 Å². The Morgan fingerprint density at radius 1 is 1.29 bits per heavy atom. The van der Waals surface area contributed by atoms with Crippen LogP contribution in [0.4, 0.5) is 0 Å². The van der Waals surface area contributed by atoms with Crippen molar-refractivity contribution in [2.24, 2.45) is 0 Å². The van der Waals surface area contributed by atoms with E-state index in [0.29, 0.717) is 41.7 Å². The van der Waals surface area contributed by atoms with Gasteiger partial charge in [0, 0.05) is 24.7 Å². The molecule has 1 saturated heterocycles. The average molecular weight is 315 g/mol. The minimum absolute atomic E-state index is 0.109. The lowest BCUT2D eigenvalue weighted by Crippen LogP contribution is -2.12. The van der Waals surface area contributed by atoms with Crippen molar-refractivity contribution in [3.05, 3.63) is 22.7 Å². The molecule has 1 N–H and O–H groups in total. The number of halogens is 1. The molecule has 1 aromatic rings. The molecular formula is C16H23ClO4. The van der Waals surface area contributed by atoms with Crippen molar-refractivity contribution in [3.8, 4) is 11.5 Å². The third-order valence-corrected chi connectivity index (χ3v) is 3.86. The molecule has 1 fully saturated rings. The predicted molar refractivity (Wildman–Crippen MR) is 82.3 cm³/mol. The summed E-state index contributed by atoms with van der Waals surface area (Å²) in [6, 6.07) is 3.49. The Labute approximate surface area is 131 Å². The molecule has 2 atom stereocenters. The monoisotopic (exact) mass is 314 g/mol. The highest BCUT2D eigenvalue weighted by Crippen LogP contribution is 2.38. The zero-order valence-corrected chi connectivity index (χ0v) is 13.4. The fraction of sp³-hybridized carbons (Fsp3) is 0.625. The number of aliphatic hydroxyl groups is 1. The molecule has 0 radical (unpaired) electrons. The molecule has 0 spiro atoms. The van der Waals surface area contributed by atoms with Gasteiger partial charge in [-0.1, -0.05) is 11.6 Å².